The van der Waals surface area contributed by atoms with Crippen LogP contribution in [-0.2, 0) is 0 Å². The molecule has 0 spiro atoms. The van der Waals surface area contributed by atoms with Gasteiger partial charge in [-0.25, -0.2) is 9.97 Å². The van der Waals surface area contributed by atoms with Crippen molar-refractivity contribution in [3.63, 3.8) is 0 Å². The first-order valence-corrected chi connectivity index (χ1v) is 6.37. The summed E-state index contributed by atoms with van der Waals surface area (Å²) in [6.07, 6.45) is 7.06. The van der Waals surface area contributed by atoms with Gasteiger partial charge in [0.1, 0.15) is 0 Å². The van der Waals surface area contributed by atoms with Gasteiger partial charge in [-0.2, -0.15) is 0 Å². The fourth-order valence-corrected chi connectivity index (χ4v) is 2.15. The lowest BCUT2D eigenvalue weighted by atomic mass is 10.2. The van der Waals surface area contributed by atoms with Gasteiger partial charge in [0, 0.05) is 44.8 Å². The van der Waals surface area contributed by atoms with Crippen LogP contribution in [0.1, 0.15) is 0 Å². The van der Waals surface area contributed by atoms with E-state index >= 15 is 0 Å². The number of aromatic nitrogens is 3. The zero-order chi connectivity index (χ0) is 12.9. The molecule has 1 saturated heterocycles. The van der Waals surface area contributed by atoms with Crippen molar-refractivity contribution in [1.29, 1.82) is 0 Å². The van der Waals surface area contributed by atoms with Crippen LogP contribution in [0, 0.1) is 0 Å². The maximum atomic E-state index is 4.18. The van der Waals surface area contributed by atoms with Crippen molar-refractivity contribution in [1.82, 2.24) is 20.3 Å². The van der Waals surface area contributed by atoms with E-state index in [0.29, 0.717) is 5.95 Å². The molecule has 2 aromatic rings. The lowest BCUT2D eigenvalue weighted by Gasteiger charge is -2.30. The van der Waals surface area contributed by atoms with E-state index in [2.05, 4.69) is 30.5 Å². The Hall–Kier alpha value is -2.21. The van der Waals surface area contributed by atoms with Gasteiger partial charge >= 0.3 is 0 Å². The van der Waals surface area contributed by atoms with Crippen molar-refractivity contribution in [2.75, 3.05) is 36.4 Å². The van der Waals surface area contributed by atoms with Crippen molar-refractivity contribution >= 4 is 17.3 Å². The molecule has 0 aliphatic carbocycles. The monoisotopic (exact) mass is 256 g/mol. The van der Waals surface area contributed by atoms with Crippen LogP contribution in [0.15, 0.2) is 36.9 Å². The average Bonchev–Trinajstić information content (AvgIpc) is 2.50. The van der Waals surface area contributed by atoms with E-state index in [0.717, 1.165) is 37.6 Å². The first-order chi connectivity index (χ1) is 9.43. The zero-order valence-corrected chi connectivity index (χ0v) is 10.6. The molecule has 6 nitrogen and oxygen atoms in total. The minimum absolute atomic E-state index is 0.590. The largest absolute Gasteiger partial charge is 0.367 e. The molecule has 98 valence electrons. The molecule has 0 radical (unpaired) electrons. The first kappa shape index (κ1) is 11.9. The van der Waals surface area contributed by atoms with Crippen LogP contribution in [0.5, 0.6) is 0 Å². The molecule has 1 fully saturated rings. The van der Waals surface area contributed by atoms with E-state index in [1.54, 1.807) is 18.5 Å². The van der Waals surface area contributed by atoms with Crippen molar-refractivity contribution < 1.29 is 0 Å². The van der Waals surface area contributed by atoms with Crippen molar-refractivity contribution in [2.45, 2.75) is 0 Å². The summed E-state index contributed by atoms with van der Waals surface area (Å²) in [6.45, 7) is 4.00. The van der Waals surface area contributed by atoms with Crippen LogP contribution in [0.4, 0.5) is 17.3 Å². The molecule has 1 aliphatic heterocycles. The lowest BCUT2D eigenvalue weighted by molar-refractivity contribution is 0.589. The summed E-state index contributed by atoms with van der Waals surface area (Å²) in [4.78, 5) is 14.9. The number of rotatable bonds is 3. The van der Waals surface area contributed by atoms with Gasteiger partial charge < -0.3 is 15.5 Å². The van der Waals surface area contributed by atoms with E-state index in [9.17, 15) is 0 Å². The van der Waals surface area contributed by atoms with E-state index in [1.807, 2.05) is 18.5 Å². The highest BCUT2D eigenvalue weighted by atomic mass is 15.2. The van der Waals surface area contributed by atoms with E-state index < -0.39 is 0 Å². The van der Waals surface area contributed by atoms with Gasteiger partial charge in [-0.05, 0) is 12.1 Å². The lowest BCUT2D eigenvalue weighted by Crippen LogP contribution is -2.43. The molecule has 2 aromatic heterocycles. The molecule has 2 N–H and O–H groups in total. The number of anilines is 3. The van der Waals surface area contributed by atoms with Crippen LogP contribution in [0.25, 0.3) is 0 Å². The second-order valence-corrected chi connectivity index (χ2v) is 4.33. The Morgan fingerprint density at radius 1 is 1.11 bits per heavy atom. The molecule has 0 aromatic carbocycles. The molecule has 1 aliphatic rings. The predicted octanol–water partition coefficient (Wildman–Crippen LogP) is 1.02. The van der Waals surface area contributed by atoms with Gasteiger partial charge in [0.15, 0.2) is 0 Å². The molecule has 3 heterocycles. The number of nitrogens with zero attached hydrogens (tertiary/aromatic N) is 4. The topological polar surface area (TPSA) is 66.0 Å². The Labute approximate surface area is 111 Å². The van der Waals surface area contributed by atoms with Crippen LogP contribution in [0.3, 0.4) is 0 Å². The summed E-state index contributed by atoms with van der Waals surface area (Å²) >= 11 is 0. The normalized spacial score (nSPS) is 15.3. The maximum Gasteiger partial charge on any atom is 0.227 e. The minimum Gasteiger partial charge on any atom is -0.367 e. The Bertz CT molecular complexity index is 524. The SMILES string of the molecule is c1cnc(Nc2cnccc2N2CCNCC2)nc1. The van der Waals surface area contributed by atoms with Crippen LogP contribution < -0.4 is 15.5 Å². The Kier molecular flexibility index (Phi) is 3.51. The Balaban J connectivity index is 1.84. The third-order valence-corrected chi connectivity index (χ3v) is 3.07. The highest BCUT2D eigenvalue weighted by Crippen LogP contribution is 2.26. The smallest absolute Gasteiger partial charge is 0.227 e. The van der Waals surface area contributed by atoms with Crippen molar-refractivity contribution in [3.05, 3.63) is 36.9 Å². The number of piperazine rings is 1. The summed E-state index contributed by atoms with van der Waals surface area (Å²) in [7, 11) is 0. The van der Waals surface area contributed by atoms with Crippen molar-refractivity contribution in [2.24, 2.45) is 0 Å². The number of pyridine rings is 1. The fourth-order valence-electron chi connectivity index (χ4n) is 2.15. The maximum absolute atomic E-state index is 4.18. The Morgan fingerprint density at radius 3 is 2.68 bits per heavy atom. The van der Waals surface area contributed by atoms with Crippen LogP contribution in [-0.4, -0.2) is 41.1 Å². The second-order valence-electron chi connectivity index (χ2n) is 4.33. The van der Waals surface area contributed by atoms with Crippen LogP contribution in [0.2, 0.25) is 0 Å². The second kappa shape index (κ2) is 5.62. The van der Waals surface area contributed by atoms with Gasteiger partial charge in [0.25, 0.3) is 0 Å². The van der Waals surface area contributed by atoms with Gasteiger partial charge in [-0.1, -0.05) is 0 Å². The van der Waals surface area contributed by atoms with Crippen LogP contribution >= 0.6 is 0 Å². The Morgan fingerprint density at radius 2 is 1.89 bits per heavy atom. The predicted molar refractivity (Wildman–Crippen MR) is 74.6 cm³/mol. The summed E-state index contributed by atoms with van der Waals surface area (Å²) in [5, 5.41) is 6.57. The highest BCUT2D eigenvalue weighted by molar-refractivity contribution is 5.72. The highest BCUT2D eigenvalue weighted by Gasteiger charge is 2.14. The van der Waals surface area contributed by atoms with Gasteiger partial charge in [0.2, 0.25) is 5.95 Å². The summed E-state index contributed by atoms with van der Waals surface area (Å²) in [6, 6.07) is 3.82. The van der Waals surface area contributed by atoms with Crippen molar-refractivity contribution in [3.8, 4) is 0 Å². The summed E-state index contributed by atoms with van der Waals surface area (Å²) in [5.41, 5.74) is 2.08. The third-order valence-electron chi connectivity index (χ3n) is 3.07. The molecule has 0 amide bonds. The zero-order valence-electron chi connectivity index (χ0n) is 10.6. The quantitative estimate of drug-likeness (QED) is 0.855. The average molecular weight is 256 g/mol. The fraction of sp³-hybridized carbons (Fsp3) is 0.308. The summed E-state index contributed by atoms with van der Waals surface area (Å²) in [5.74, 6) is 0.590. The molecule has 3 rings (SSSR count). The van der Waals surface area contributed by atoms with Gasteiger partial charge in [-0.3, -0.25) is 4.98 Å². The van der Waals surface area contributed by atoms with E-state index in [4.69, 9.17) is 0 Å². The number of hydrogen-bond donors (Lipinski definition) is 2. The molecule has 0 saturated carbocycles. The van der Waals surface area contributed by atoms with E-state index in [1.165, 1.54) is 0 Å². The number of nitrogens with one attached hydrogen (secondary N) is 2. The van der Waals surface area contributed by atoms with E-state index in [-0.39, 0.29) is 0 Å². The van der Waals surface area contributed by atoms with Gasteiger partial charge in [-0.15, -0.1) is 0 Å². The molecular weight excluding hydrogens is 240 g/mol. The molecular formula is C13H16N6. The van der Waals surface area contributed by atoms with Gasteiger partial charge in [0.05, 0.1) is 17.6 Å². The minimum atomic E-state index is 0.590. The first-order valence-electron chi connectivity index (χ1n) is 6.37. The standard InChI is InChI=1S/C13H16N6/c1-3-16-13(17-4-1)18-11-10-15-5-2-12(11)19-8-6-14-7-9-19/h1-5,10,14H,6-9H2,(H,16,17,18). The molecule has 6 heteroatoms. The molecule has 0 bridgehead atoms. The third kappa shape index (κ3) is 2.79. The molecule has 0 unspecified atom stereocenters. The summed E-state index contributed by atoms with van der Waals surface area (Å²) < 4.78 is 0. The molecule has 0 atom stereocenters. The molecule has 19 heavy (non-hydrogen) atoms. The number of hydrogen-bond acceptors (Lipinski definition) is 6.